The molecule has 0 bridgehead atoms. The highest BCUT2D eigenvalue weighted by molar-refractivity contribution is 7.89. The van der Waals surface area contributed by atoms with Crippen LogP contribution >= 0.6 is 0 Å². The maximum absolute atomic E-state index is 11.4. The van der Waals surface area contributed by atoms with Crippen molar-refractivity contribution >= 4 is 15.7 Å². The van der Waals surface area contributed by atoms with Crippen LogP contribution in [0.1, 0.15) is 11.4 Å². The summed E-state index contributed by atoms with van der Waals surface area (Å²) in [6, 6.07) is 9.49. The zero-order valence-corrected chi connectivity index (χ0v) is 12.1. The van der Waals surface area contributed by atoms with Crippen molar-refractivity contribution in [3.63, 3.8) is 0 Å². The molecule has 2 rings (SSSR count). The average molecular weight is 292 g/mol. The van der Waals surface area contributed by atoms with Gasteiger partial charge in [0.05, 0.1) is 5.69 Å². The fourth-order valence-corrected chi connectivity index (χ4v) is 2.48. The van der Waals surface area contributed by atoms with E-state index in [9.17, 15) is 8.42 Å². The molecule has 1 aromatic carbocycles. The van der Waals surface area contributed by atoms with Crippen LogP contribution in [0.15, 0.2) is 30.3 Å². The van der Waals surface area contributed by atoms with Crippen LogP contribution in [0.4, 0.5) is 5.82 Å². The number of anilines is 1. The maximum Gasteiger partial charge on any atom is 0.154 e. The summed E-state index contributed by atoms with van der Waals surface area (Å²) in [4.78, 5) is 8.49. The third-order valence-corrected chi connectivity index (χ3v) is 3.55. The topological polar surface area (TPSA) is 98.0 Å². The summed E-state index contributed by atoms with van der Waals surface area (Å²) in [5.41, 5.74) is 4.82. The van der Waals surface area contributed by atoms with E-state index in [1.165, 1.54) is 0 Å². The van der Waals surface area contributed by atoms with E-state index in [-0.39, 0.29) is 11.6 Å². The number of benzene rings is 1. The summed E-state index contributed by atoms with van der Waals surface area (Å²) in [6.45, 7) is 1.84. The van der Waals surface area contributed by atoms with Gasteiger partial charge >= 0.3 is 0 Å². The van der Waals surface area contributed by atoms with Crippen molar-refractivity contribution in [1.29, 1.82) is 0 Å². The van der Waals surface area contributed by atoms with Crippen LogP contribution in [-0.2, 0) is 15.6 Å². The molecule has 106 valence electrons. The molecule has 0 radical (unpaired) electrons. The smallest absolute Gasteiger partial charge is 0.154 e. The van der Waals surface area contributed by atoms with Gasteiger partial charge in [0.2, 0.25) is 0 Å². The van der Waals surface area contributed by atoms with Gasteiger partial charge in [0.15, 0.2) is 9.84 Å². The first kappa shape index (κ1) is 14.4. The molecule has 0 aliphatic carbocycles. The molecule has 6 nitrogen and oxygen atoms in total. The summed E-state index contributed by atoms with van der Waals surface area (Å²) in [6.07, 6.45) is 1.15. The van der Waals surface area contributed by atoms with Gasteiger partial charge in [-0.2, -0.15) is 0 Å². The fraction of sp³-hybridized carbons (Fsp3) is 0.231. The van der Waals surface area contributed by atoms with Crippen molar-refractivity contribution in [2.24, 2.45) is 5.84 Å². The molecule has 0 saturated carbocycles. The Morgan fingerprint density at radius 3 is 2.40 bits per heavy atom. The van der Waals surface area contributed by atoms with Crippen LogP contribution in [-0.4, -0.2) is 24.6 Å². The standard InChI is InChI=1S/C13H16N4O2S/c1-9-12(10-6-4-3-5-7-10)15-11(8-20(2,18)19)16-13(9)17-14/h3-7H,8,14H2,1-2H3,(H,15,16,17). The molecule has 0 aliphatic rings. The van der Waals surface area contributed by atoms with Crippen molar-refractivity contribution in [2.45, 2.75) is 12.7 Å². The van der Waals surface area contributed by atoms with E-state index < -0.39 is 9.84 Å². The van der Waals surface area contributed by atoms with E-state index >= 15 is 0 Å². The molecule has 0 atom stereocenters. The predicted molar refractivity (Wildman–Crippen MR) is 78.6 cm³/mol. The second kappa shape index (κ2) is 5.56. The number of sulfone groups is 1. The van der Waals surface area contributed by atoms with Crippen LogP contribution in [0.2, 0.25) is 0 Å². The molecule has 0 unspecified atom stereocenters. The molecular weight excluding hydrogens is 276 g/mol. The summed E-state index contributed by atoms with van der Waals surface area (Å²) in [5, 5.41) is 0. The molecule has 0 fully saturated rings. The first-order valence-corrected chi connectivity index (χ1v) is 8.04. The van der Waals surface area contributed by atoms with E-state index in [4.69, 9.17) is 5.84 Å². The fourth-order valence-electron chi connectivity index (χ4n) is 1.88. The largest absolute Gasteiger partial charge is 0.308 e. The van der Waals surface area contributed by atoms with Gasteiger partial charge in [-0.05, 0) is 6.92 Å². The number of hydrogen-bond donors (Lipinski definition) is 2. The van der Waals surface area contributed by atoms with E-state index in [0.717, 1.165) is 17.4 Å². The monoisotopic (exact) mass is 292 g/mol. The minimum atomic E-state index is -3.21. The number of aromatic nitrogens is 2. The highest BCUT2D eigenvalue weighted by Crippen LogP contribution is 2.25. The summed E-state index contributed by atoms with van der Waals surface area (Å²) in [5.74, 6) is 5.88. The number of hydrogen-bond acceptors (Lipinski definition) is 6. The lowest BCUT2D eigenvalue weighted by Crippen LogP contribution is -2.15. The third kappa shape index (κ3) is 3.31. The van der Waals surface area contributed by atoms with Gasteiger partial charge in [-0.25, -0.2) is 24.2 Å². The van der Waals surface area contributed by atoms with Crippen molar-refractivity contribution in [3.05, 3.63) is 41.7 Å². The Morgan fingerprint density at radius 2 is 1.85 bits per heavy atom. The summed E-state index contributed by atoms with van der Waals surface area (Å²) in [7, 11) is -3.21. The van der Waals surface area contributed by atoms with E-state index in [0.29, 0.717) is 11.5 Å². The number of nitrogen functional groups attached to an aromatic ring is 1. The van der Waals surface area contributed by atoms with Crippen molar-refractivity contribution in [3.8, 4) is 11.3 Å². The Hall–Kier alpha value is -1.99. The highest BCUT2D eigenvalue weighted by atomic mass is 32.2. The normalized spacial score (nSPS) is 11.3. The van der Waals surface area contributed by atoms with Crippen molar-refractivity contribution in [1.82, 2.24) is 9.97 Å². The van der Waals surface area contributed by atoms with Crippen LogP contribution in [0.3, 0.4) is 0 Å². The Labute approximate surface area is 118 Å². The molecule has 2 aromatic rings. The van der Waals surface area contributed by atoms with Crippen LogP contribution < -0.4 is 11.3 Å². The lowest BCUT2D eigenvalue weighted by atomic mass is 10.1. The Balaban J connectivity index is 2.59. The maximum atomic E-state index is 11.4. The predicted octanol–water partition coefficient (Wildman–Crippen LogP) is 1.28. The van der Waals surface area contributed by atoms with Crippen LogP contribution in [0.25, 0.3) is 11.3 Å². The van der Waals surface area contributed by atoms with E-state index in [1.54, 1.807) is 0 Å². The Morgan fingerprint density at radius 1 is 1.20 bits per heavy atom. The average Bonchev–Trinajstić information content (AvgIpc) is 2.40. The van der Waals surface area contributed by atoms with Gasteiger partial charge in [-0.3, -0.25) is 0 Å². The lowest BCUT2D eigenvalue weighted by molar-refractivity contribution is 0.599. The van der Waals surface area contributed by atoms with E-state index in [2.05, 4.69) is 15.4 Å². The highest BCUT2D eigenvalue weighted by Gasteiger charge is 2.15. The molecule has 0 aliphatic heterocycles. The second-order valence-corrected chi connectivity index (χ2v) is 6.68. The molecular formula is C13H16N4O2S. The molecule has 0 saturated heterocycles. The van der Waals surface area contributed by atoms with Crippen LogP contribution in [0, 0.1) is 6.92 Å². The number of rotatable bonds is 4. The van der Waals surface area contributed by atoms with Crippen LogP contribution in [0.5, 0.6) is 0 Å². The van der Waals surface area contributed by atoms with Gasteiger partial charge in [0, 0.05) is 17.4 Å². The summed E-state index contributed by atoms with van der Waals surface area (Å²) >= 11 is 0. The second-order valence-electron chi connectivity index (χ2n) is 4.54. The van der Waals surface area contributed by atoms with Gasteiger partial charge in [-0.15, -0.1) is 0 Å². The molecule has 0 amide bonds. The Kier molecular flexibility index (Phi) is 4.01. The molecule has 0 spiro atoms. The molecule has 7 heteroatoms. The number of nitrogens with two attached hydrogens (primary N) is 1. The first-order valence-electron chi connectivity index (χ1n) is 5.98. The lowest BCUT2D eigenvalue weighted by Gasteiger charge is -2.11. The minimum absolute atomic E-state index is 0.220. The van der Waals surface area contributed by atoms with Crippen molar-refractivity contribution < 1.29 is 8.42 Å². The number of nitrogens with one attached hydrogen (secondary N) is 1. The molecule has 20 heavy (non-hydrogen) atoms. The quantitative estimate of drug-likeness (QED) is 0.650. The van der Waals surface area contributed by atoms with Gasteiger partial charge in [0.25, 0.3) is 0 Å². The SMILES string of the molecule is Cc1c(NN)nc(CS(C)(=O)=O)nc1-c1ccccc1. The minimum Gasteiger partial charge on any atom is -0.308 e. The number of nitrogens with zero attached hydrogens (tertiary/aromatic N) is 2. The van der Waals surface area contributed by atoms with Gasteiger partial charge in [-0.1, -0.05) is 30.3 Å². The van der Waals surface area contributed by atoms with Gasteiger partial charge in [0.1, 0.15) is 17.4 Å². The molecule has 1 aromatic heterocycles. The molecule has 1 heterocycles. The number of hydrazine groups is 1. The van der Waals surface area contributed by atoms with Crippen molar-refractivity contribution in [2.75, 3.05) is 11.7 Å². The third-order valence-electron chi connectivity index (χ3n) is 2.77. The Bertz CT molecular complexity index is 715. The zero-order chi connectivity index (χ0) is 14.8. The molecule has 3 N–H and O–H groups in total. The summed E-state index contributed by atoms with van der Waals surface area (Å²) < 4.78 is 22.8. The van der Waals surface area contributed by atoms with E-state index in [1.807, 2.05) is 37.3 Å². The first-order chi connectivity index (χ1) is 9.40. The van der Waals surface area contributed by atoms with Gasteiger partial charge < -0.3 is 5.43 Å². The zero-order valence-electron chi connectivity index (χ0n) is 11.3.